The largest absolute Gasteiger partial charge is 0.399 e. The molecule has 2 aromatic rings. The molecule has 0 aliphatic rings. The summed E-state index contributed by atoms with van der Waals surface area (Å²) in [4.78, 5) is 1.13. The molecule has 88 valence electrons. The summed E-state index contributed by atoms with van der Waals surface area (Å²) in [6.45, 7) is 0. The molecule has 0 unspecified atom stereocenters. The molecule has 0 aliphatic carbocycles. The molecular weight excluding hydrogens is 301 g/mol. The van der Waals surface area contributed by atoms with Gasteiger partial charge < -0.3 is 5.73 Å². The Kier molecular flexibility index (Phi) is 4.07. The summed E-state index contributed by atoms with van der Waals surface area (Å²) in [5.74, 6) is 0.607. The van der Waals surface area contributed by atoms with Crippen LogP contribution in [-0.2, 0) is 5.75 Å². The van der Waals surface area contributed by atoms with Gasteiger partial charge in [-0.05, 0) is 51.8 Å². The Morgan fingerprint density at radius 3 is 2.47 bits per heavy atom. The number of thioether (sulfide) groups is 1. The fraction of sp³-hybridized carbons (Fsp3) is 0.0769. The van der Waals surface area contributed by atoms with Crippen molar-refractivity contribution in [3.8, 4) is 0 Å². The average Bonchev–Trinajstić information content (AvgIpc) is 2.30. The monoisotopic (exact) mass is 311 g/mol. The SMILES string of the molecule is Nc1ccc(SCc2ccc(F)cc2)c(Br)c1. The zero-order valence-corrected chi connectivity index (χ0v) is 11.4. The number of nitrogens with two attached hydrogens (primary N) is 1. The maximum absolute atomic E-state index is 12.7. The molecule has 4 heteroatoms. The lowest BCUT2D eigenvalue weighted by Gasteiger charge is -2.05. The van der Waals surface area contributed by atoms with E-state index in [2.05, 4.69) is 15.9 Å². The highest BCUT2D eigenvalue weighted by Crippen LogP contribution is 2.31. The Balaban J connectivity index is 2.04. The van der Waals surface area contributed by atoms with E-state index in [9.17, 15) is 4.39 Å². The molecule has 0 spiro atoms. The van der Waals surface area contributed by atoms with E-state index in [4.69, 9.17) is 5.73 Å². The average molecular weight is 312 g/mol. The van der Waals surface area contributed by atoms with Crippen LogP contribution in [0.4, 0.5) is 10.1 Å². The van der Waals surface area contributed by atoms with E-state index in [1.165, 1.54) is 12.1 Å². The van der Waals surface area contributed by atoms with Crippen molar-refractivity contribution in [2.45, 2.75) is 10.6 Å². The zero-order chi connectivity index (χ0) is 12.3. The Bertz CT molecular complexity index is 513. The Morgan fingerprint density at radius 2 is 1.82 bits per heavy atom. The zero-order valence-electron chi connectivity index (χ0n) is 8.99. The molecule has 2 rings (SSSR count). The van der Waals surface area contributed by atoms with E-state index < -0.39 is 0 Å². The summed E-state index contributed by atoms with van der Waals surface area (Å²) in [6.07, 6.45) is 0. The molecule has 0 radical (unpaired) electrons. The number of anilines is 1. The van der Waals surface area contributed by atoms with Crippen molar-refractivity contribution < 1.29 is 4.39 Å². The molecule has 0 aromatic heterocycles. The van der Waals surface area contributed by atoms with E-state index in [1.807, 2.05) is 18.2 Å². The van der Waals surface area contributed by atoms with Gasteiger partial charge in [-0.15, -0.1) is 11.8 Å². The molecular formula is C13H11BrFNS. The molecule has 0 saturated carbocycles. The van der Waals surface area contributed by atoms with Gasteiger partial charge in [0, 0.05) is 20.8 Å². The summed E-state index contributed by atoms with van der Waals surface area (Å²) in [5.41, 5.74) is 7.51. The number of benzene rings is 2. The van der Waals surface area contributed by atoms with Gasteiger partial charge in [0.05, 0.1) is 0 Å². The van der Waals surface area contributed by atoms with Gasteiger partial charge in [-0.1, -0.05) is 12.1 Å². The van der Waals surface area contributed by atoms with Crippen LogP contribution >= 0.6 is 27.7 Å². The van der Waals surface area contributed by atoms with Gasteiger partial charge >= 0.3 is 0 Å². The van der Waals surface area contributed by atoms with E-state index in [-0.39, 0.29) is 5.82 Å². The maximum Gasteiger partial charge on any atom is 0.123 e. The van der Waals surface area contributed by atoms with Crippen molar-refractivity contribution in [3.63, 3.8) is 0 Å². The van der Waals surface area contributed by atoms with Crippen molar-refractivity contribution >= 4 is 33.4 Å². The standard InChI is InChI=1S/C13H11BrFNS/c14-12-7-11(16)5-6-13(12)17-8-9-1-3-10(15)4-2-9/h1-7H,8,16H2. The predicted octanol–water partition coefficient (Wildman–Crippen LogP) is 4.46. The van der Waals surface area contributed by atoms with Gasteiger partial charge in [-0.2, -0.15) is 0 Å². The molecule has 0 fully saturated rings. The molecule has 1 nitrogen and oxygen atoms in total. The second-order valence-corrected chi connectivity index (χ2v) is 5.48. The second-order valence-electron chi connectivity index (χ2n) is 3.61. The van der Waals surface area contributed by atoms with E-state index in [1.54, 1.807) is 23.9 Å². The normalized spacial score (nSPS) is 10.5. The first kappa shape index (κ1) is 12.5. The fourth-order valence-electron chi connectivity index (χ4n) is 1.38. The Labute approximate surface area is 112 Å². The van der Waals surface area contributed by atoms with Gasteiger partial charge in [0.1, 0.15) is 5.82 Å². The lowest BCUT2D eigenvalue weighted by molar-refractivity contribution is 0.627. The number of hydrogen-bond donors (Lipinski definition) is 1. The van der Waals surface area contributed by atoms with Gasteiger partial charge in [0.15, 0.2) is 0 Å². The van der Waals surface area contributed by atoms with Crippen LogP contribution in [-0.4, -0.2) is 0 Å². The molecule has 2 N–H and O–H groups in total. The lowest BCUT2D eigenvalue weighted by atomic mass is 10.2. The van der Waals surface area contributed by atoms with Gasteiger partial charge in [-0.3, -0.25) is 0 Å². The Hall–Kier alpha value is -1.00. The van der Waals surface area contributed by atoms with E-state index in [0.29, 0.717) is 0 Å². The highest BCUT2D eigenvalue weighted by atomic mass is 79.9. The Morgan fingerprint density at radius 1 is 1.12 bits per heavy atom. The molecule has 2 aromatic carbocycles. The van der Waals surface area contributed by atoms with Crippen LogP contribution in [0.2, 0.25) is 0 Å². The van der Waals surface area contributed by atoms with E-state index >= 15 is 0 Å². The topological polar surface area (TPSA) is 26.0 Å². The lowest BCUT2D eigenvalue weighted by Crippen LogP contribution is -1.86. The number of rotatable bonds is 3. The van der Waals surface area contributed by atoms with Crippen molar-refractivity contribution in [2.75, 3.05) is 5.73 Å². The molecule has 0 heterocycles. The first-order valence-electron chi connectivity index (χ1n) is 5.07. The van der Waals surface area contributed by atoms with Crippen molar-refractivity contribution in [1.82, 2.24) is 0 Å². The van der Waals surface area contributed by atoms with Crippen LogP contribution in [0.25, 0.3) is 0 Å². The molecule has 0 bridgehead atoms. The molecule has 17 heavy (non-hydrogen) atoms. The van der Waals surface area contributed by atoms with Crippen LogP contribution in [0, 0.1) is 5.82 Å². The van der Waals surface area contributed by atoms with Gasteiger partial charge in [0.25, 0.3) is 0 Å². The quantitative estimate of drug-likeness (QED) is 0.669. The third-order valence-electron chi connectivity index (χ3n) is 2.26. The third kappa shape index (κ3) is 3.48. The maximum atomic E-state index is 12.7. The second kappa shape index (κ2) is 5.56. The molecule has 0 amide bonds. The minimum atomic E-state index is -0.201. The smallest absolute Gasteiger partial charge is 0.123 e. The summed E-state index contributed by atoms with van der Waals surface area (Å²) in [7, 11) is 0. The van der Waals surface area contributed by atoms with Crippen LogP contribution in [0.5, 0.6) is 0 Å². The first-order chi connectivity index (χ1) is 8.15. The molecule has 0 saturated heterocycles. The minimum absolute atomic E-state index is 0.201. The van der Waals surface area contributed by atoms with Crippen molar-refractivity contribution in [3.05, 3.63) is 58.3 Å². The summed E-state index contributed by atoms with van der Waals surface area (Å²) >= 11 is 5.16. The fourth-order valence-corrected chi connectivity index (χ4v) is 2.99. The summed E-state index contributed by atoms with van der Waals surface area (Å²) < 4.78 is 13.7. The number of nitrogen functional groups attached to an aromatic ring is 1. The number of hydrogen-bond acceptors (Lipinski definition) is 2. The number of halogens is 2. The molecule has 0 atom stereocenters. The minimum Gasteiger partial charge on any atom is -0.399 e. The van der Waals surface area contributed by atoms with E-state index in [0.717, 1.165) is 26.4 Å². The van der Waals surface area contributed by atoms with Gasteiger partial charge in [-0.25, -0.2) is 4.39 Å². The highest BCUT2D eigenvalue weighted by molar-refractivity contribution is 9.10. The van der Waals surface area contributed by atoms with Crippen LogP contribution in [0.1, 0.15) is 5.56 Å². The highest BCUT2D eigenvalue weighted by Gasteiger charge is 2.02. The first-order valence-corrected chi connectivity index (χ1v) is 6.85. The van der Waals surface area contributed by atoms with Gasteiger partial charge in [0.2, 0.25) is 0 Å². The third-order valence-corrected chi connectivity index (χ3v) is 4.33. The van der Waals surface area contributed by atoms with Crippen molar-refractivity contribution in [1.29, 1.82) is 0 Å². The van der Waals surface area contributed by atoms with Crippen LogP contribution in [0.3, 0.4) is 0 Å². The predicted molar refractivity (Wildman–Crippen MR) is 74.5 cm³/mol. The summed E-state index contributed by atoms with van der Waals surface area (Å²) in [5, 5.41) is 0. The molecule has 0 aliphatic heterocycles. The van der Waals surface area contributed by atoms with Crippen LogP contribution in [0.15, 0.2) is 51.8 Å². The van der Waals surface area contributed by atoms with Crippen molar-refractivity contribution in [2.24, 2.45) is 0 Å². The van der Waals surface area contributed by atoms with Crippen LogP contribution < -0.4 is 5.73 Å². The summed E-state index contributed by atoms with van der Waals surface area (Å²) in [6, 6.07) is 12.3.